The van der Waals surface area contributed by atoms with Gasteiger partial charge in [0.2, 0.25) is 0 Å². The van der Waals surface area contributed by atoms with E-state index in [1.165, 1.54) is 12.1 Å². The first-order valence-corrected chi connectivity index (χ1v) is 9.80. The number of carbonyl (C=O) groups excluding carboxylic acids is 1. The maximum Gasteiger partial charge on any atom is 0.262 e. The minimum absolute atomic E-state index is 0.00124. The van der Waals surface area contributed by atoms with Gasteiger partial charge in [0, 0.05) is 17.2 Å². The molecule has 5 rings (SSSR count). The summed E-state index contributed by atoms with van der Waals surface area (Å²) in [4.78, 5) is 11.8. The van der Waals surface area contributed by atoms with Crippen molar-refractivity contribution in [2.24, 2.45) is 0 Å². The zero-order valence-corrected chi connectivity index (χ0v) is 17.0. The van der Waals surface area contributed by atoms with Crippen molar-refractivity contribution in [2.75, 3.05) is 11.9 Å². The topological polar surface area (TPSA) is 82.2 Å². The monoisotopic (exact) mass is 418 g/mol. The van der Waals surface area contributed by atoms with E-state index in [9.17, 15) is 9.18 Å². The van der Waals surface area contributed by atoms with Crippen LogP contribution in [0.3, 0.4) is 0 Å². The van der Waals surface area contributed by atoms with Crippen molar-refractivity contribution in [2.45, 2.75) is 20.4 Å². The molecule has 0 fully saturated rings. The van der Waals surface area contributed by atoms with E-state index in [4.69, 9.17) is 14.4 Å². The van der Waals surface area contributed by atoms with Crippen molar-refractivity contribution in [1.82, 2.24) is 14.9 Å². The van der Waals surface area contributed by atoms with Crippen molar-refractivity contribution in [3.05, 3.63) is 71.5 Å². The lowest BCUT2D eigenvalue weighted by molar-refractivity contribution is -0.118. The van der Waals surface area contributed by atoms with E-state index in [-0.39, 0.29) is 18.3 Å². The van der Waals surface area contributed by atoms with Gasteiger partial charge in [-0.2, -0.15) is 5.10 Å². The Morgan fingerprint density at radius 1 is 1.10 bits per heavy atom. The first kappa shape index (κ1) is 19.0. The van der Waals surface area contributed by atoms with Gasteiger partial charge in [-0.05, 0) is 55.8 Å². The minimum atomic E-state index is -0.311. The molecule has 0 aliphatic carbocycles. The molecule has 0 radical (unpaired) electrons. The Labute approximate surface area is 177 Å². The summed E-state index contributed by atoms with van der Waals surface area (Å²) in [6.07, 6.45) is 0. The van der Waals surface area contributed by atoms with Gasteiger partial charge in [0.05, 0.1) is 23.6 Å². The van der Waals surface area contributed by atoms with Crippen LogP contribution in [0.25, 0.3) is 22.4 Å². The van der Waals surface area contributed by atoms with E-state index in [0.717, 1.165) is 33.8 Å². The SMILES string of the molecule is Cc1cc(Cn2nc(C)c(-c3ccc4c(c3)NC(=O)CO4)c2-c2ccc(F)cc2)no1. The third-order valence-electron chi connectivity index (χ3n) is 5.13. The van der Waals surface area contributed by atoms with Crippen LogP contribution in [0, 0.1) is 19.7 Å². The Balaban J connectivity index is 1.67. The molecule has 156 valence electrons. The average Bonchev–Trinajstić information content (AvgIpc) is 3.30. The van der Waals surface area contributed by atoms with Crippen LogP contribution < -0.4 is 10.1 Å². The van der Waals surface area contributed by atoms with Crippen LogP contribution in [0.1, 0.15) is 17.1 Å². The summed E-state index contributed by atoms with van der Waals surface area (Å²) in [6, 6.07) is 13.8. The molecule has 0 spiro atoms. The molecule has 3 heterocycles. The molecular weight excluding hydrogens is 399 g/mol. The maximum absolute atomic E-state index is 13.6. The van der Waals surface area contributed by atoms with Crippen molar-refractivity contribution < 1.29 is 18.4 Å². The fourth-order valence-electron chi connectivity index (χ4n) is 3.83. The second kappa shape index (κ2) is 7.39. The molecule has 0 saturated carbocycles. The van der Waals surface area contributed by atoms with Gasteiger partial charge in [0.1, 0.15) is 23.0 Å². The number of carbonyl (C=O) groups is 1. The molecule has 0 atom stereocenters. The van der Waals surface area contributed by atoms with Crippen LogP contribution in [0.2, 0.25) is 0 Å². The number of aromatic nitrogens is 3. The number of halogens is 1. The summed E-state index contributed by atoms with van der Waals surface area (Å²) in [6.45, 7) is 4.15. The molecule has 1 N–H and O–H groups in total. The largest absolute Gasteiger partial charge is 0.482 e. The van der Waals surface area contributed by atoms with Gasteiger partial charge in [-0.3, -0.25) is 9.48 Å². The normalized spacial score (nSPS) is 12.9. The fraction of sp³-hybridized carbons (Fsp3) is 0.174. The third kappa shape index (κ3) is 3.56. The summed E-state index contributed by atoms with van der Waals surface area (Å²) in [5, 5.41) is 11.7. The van der Waals surface area contributed by atoms with Gasteiger partial charge in [0.25, 0.3) is 5.91 Å². The van der Waals surface area contributed by atoms with E-state index in [1.807, 2.05) is 42.8 Å². The lowest BCUT2D eigenvalue weighted by Crippen LogP contribution is -2.25. The molecule has 1 aliphatic heterocycles. The number of nitrogens with zero attached hydrogens (tertiary/aromatic N) is 3. The molecule has 7 nitrogen and oxygen atoms in total. The summed E-state index contributed by atoms with van der Waals surface area (Å²) in [7, 11) is 0. The second-order valence-electron chi connectivity index (χ2n) is 7.45. The van der Waals surface area contributed by atoms with E-state index in [2.05, 4.69) is 10.5 Å². The van der Waals surface area contributed by atoms with Crippen molar-refractivity contribution in [3.63, 3.8) is 0 Å². The minimum Gasteiger partial charge on any atom is -0.482 e. The Morgan fingerprint density at radius 3 is 2.61 bits per heavy atom. The lowest BCUT2D eigenvalue weighted by atomic mass is 9.98. The zero-order valence-electron chi connectivity index (χ0n) is 17.0. The highest BCUT2D eigenvalue weighted by molar-refractivity contribution is 5.97. The Hall–Kier alpha value is -3.94. The summed E-state index contributed by atoms with van der Waals surface area (Å²) < 4.78 is 26.1. The number of fused-ring (bicyclic) bond motifs is 1. The van der Waals surface area contributed by atoms with Gasteiger partial charge in [-0.1, -0.05) is 11.2 Å². The highest BCUT2D eigenvalue weighted by Crippen LogP contribution is 2.39. The predicted molar refractivity (Wildman–Crippen MR) is 112 cm³/mol. The number of hydrogen-bond donors (Lipinski definition) is 1. The van der Waals surface area contributed by atoms with Crippen molar-refractivity contribution in [3.8, 4) is 28.1 Å². The molecule has 0 unspecified atom stereocenters. The van der Waals surface area contributed by atoms with Crippen LogP contribution >= 0.6 is 0 Å². The van der Waals surface area contributed by atoms with E-state index < -0.39 is 0 Å². The summed E-state index contributed by atoms with van der Waals surface area (Å²) in [5.74, 6) is 0.828. The van der Waals surface area contributed by atoms with Crippen LogP contribution in [0.15, 0.2) is 53.1 Å². The molecule has 8 heteroatoms. The highest BCUT2D eigenvalue weighted by atomic mass is 19.1. The van der Waals surface area contributed by atoms with Crippen molar-refractivity contribution >= 4 is 11.6 Å². The number of benzene rings is 2. The van der Waals surface area contributed by atoms with Crippen LogP contribution in [-0.4, -0.2) is 27.5 Å². The highest BCUT2D eigenvalue weighted by Gasteiger charge is 2.22. The maximum atomic E-state index is 13.6. The number of rotatable bonds is 4. The molecular formula is C23H19FN4O3. The van der Waals surface area contributed by atoms with E-state index >= 15 is 0 Å². The number of anilines is 1. The molecule has 1 aliphatic rings. The third-order valence-corrected chi connectivity index (χ3v) is 5.13. The van der Waals surface area contributed by atoms with Crippen molar-refractivity contribution in [1.29, 1.82) is 0 Å². The van der Waals surface area contributed by atoms with E-state index in [1.54, 1.807) is 12.1 Å². The smallest absolute Gasteiger partial charge is 0.262 e. The van der Waals surface area contributed by atoms with Gasteiger partial charge in [-0.25, -0.2) is 4.39 Å². The van der Waals surface area contributed by atoms with E-state index in [0.29, 0.717) is 23.7 Å². The first-order chi connectivity index (χ1) is 15.0. The standard InChI is InChI=1S/C23H19FN4O3/c1-13-9-18(27-31-13)11-28-23(15-3-6-17(24)7-4-15)22(14(2)26-28)16-5-8-20-19(10-16)25-21(29)12-30-20/h3-10H,11-12H2,1-2H3,(H,25,29). The summed E-state index contributed by atoms with van der Waals surface area (Å²) >= 11 is 0. The molecule has 1 amide bonds. The van der Waals surface area contributed by atoms with Crippen LogP contribution in [-0.2, 0) is 11.3 Å². The number of ether oxygens (including phenoxy) is 1. The Kier molecular flexibility index (Phi) is 4.54. The van der Waals surface area contributed by atoms with Crippen LogP contribution in [0.5, 0.6) is 5.75 Å². The first-order valence-electron chi connectivity index (χ1n) is 9.80. The lowest BCUT2D eigenvalue weighted by Gasteiger charge is -2.19. The van der Waals surface area contributed by atoms with Gasteiger partial charge >= 0.3 is 0 Å². The molecule has 0 bridgehead atoms. The number of aryl methyl sites for hydroxylation is 2. The Morgan fingerprint density at radius 2 is 1.87 bits per heavy atom. The quantitative estimate of drug-likeness (QED) is 0.533. The zero-order chi connectivity index (χ0) is 21.5. The summed E-state index contributed by atoms with van der Waals surface area (Å²) in [5.41, 5.74) is 5.52. The van der Waals surface area contributed by atoms with Gasteiger partial charge in [-0.15, -0.1) is 0 Å². The molecule has 31 heavy (non-hydrogen) atoms. The molecule has 2 aromatic carbocycles. The number of hydrogen-bond acceptors (Lipinski definition) is 5. The predicted octanol–water partition coefficient (Wildman–Crippen LogP) is 4.34. The van der Waals surface area contributed by atoms with Crippen LogP contribution in [0.4, 0.5) is 10.1 Å². The average molecular weight is 418 g/mol. The number of nitrogens with one attached hydrogen (secondary N) is 1. The molecule has 0 saturated heterocycles. The Bertz CT molecular complexity index is 1290. The van der Waals surface area contributed by atoms with Gasteiger partial charge < -0.3 is 14.6 Å². The fourth-order valence-corrected chi connectivity index (χ4v) is 3.83. The van der Waals surface area contributed by atoms with Gasteiger partial charge in [0.15, 0.2) is 6.61 Å². The molecule has 2 aromatic heterocycles. The number of amides is 1. The molecule has 4 aromatic rings. The second-order valence-corrected chi connectivity index (χ2v) is 7.45.